The van der Waals surface area contributed by atoms with Crippen LogP contribution >= 0.6 is 8.60 Å². The van der Waals surface area contributed by atoms with E-state index >= 15 is 0 Å². The van der Waals surface area contributed by atoms with Crippen LogP contribution in [0.5, 0.6) is 0 Å². The van der Waals surface area contributed by atoms with E-state index in [4.69, 9.17) is 4.52 Å². The lowest BCUT2D eigenvalue weighted by molar-refractivity contribution is 0.0813. The van der Waals surface area contributed by atoms with Gasteiger partial charge in [0.2, 0.25) is 0 Å². The van der Waals surface area contributed by atoms with Crippen LogP contribution in [0.4, 0.5) is 0 Å². The van der Waals surface area contributed by atoms with Gasteiger partial charge in [-0.15, -0.1) is 0 Å². The Morgan fingerprint density at radius 2 is 1.35 bits per heavy atom. The molecule has 0 radical (unpaired) electrons. The summed E-state index contributed by atoms with van der Waals surface area (Å²) in [5.41, 5.74) is 1.05. The lowest BCUT2D eigenvalue weighted by atomic mass is 9.83. The maximum absolute atomic E-state index is 9.44. The maximum Gasteiger partial charge on any atom is 0.328 e. The van der Waals surface area contributed by atoms with Crippen molar-refractivity contribution in [3.63, 3.8) is 0 Å². The van der Waals surface area contributed by atoms with Gasteiger partial charge in [-0.3, -0.25) is 4.52 Å². The second-order valence-electron chi connectivity index (χ2n) is 4.65. The van der Waals surface area contributed by atoms with Gasteiger partial charge < -0.3 is 9.79 Å². The summed E-state index contributed by atoms with van der Waals surface area (Å²) in [7, 11) is -2.45. The molecule has 0 aromatic heterocycles. The van der Waals surface area contributed by atoms with E-state index in [0.717, 1.165) is 17.5 Å². The molecule has 0 amide bonds. The van der Waals surface area contributed by atoms with Gasteiger partial charge in [0.05, 0.1) is 0 Å². The second-order valence-corrected chi connectivity index (χ2v) is 5.34. The monoisotopic (exact) mass is 290 g/mol. The molecule has 0 fully saturated rings. The lowest BCUT2D eigenvalue weighted by Crippen LogP contribution is -2.29. The fraction of sp³-hybridized carbons (Fsp3) is 0.250. The molecule has 4 heteroatoms. The average Bonchev–Trinajstić information content (AvgIpc) is 2.48. The zero-order valence-corrected chi connectivity index (χ0v) is 12.3. The van der Waals surface area contributed by atoms with Crippen LogP contribution in [0.25, 0.3) is 0 Å². The zero-order valence-electron chi connectivity index (χ0n) is 11.4. The normalized spacial score (nSPS) is 11.8. The first-order chi connectivity index (χ1) is 9.69. The minimum atomic E-state index is -2.45. The zero-order chi connectivity index (χ0) is 14.4. The Hall–Kier alpha value is -1.25. The summed E-state index contributed by atoms with van der Waals surface area (Å²) in [6.45, 7) is 2.06. The standard InChI is InChI=1S/C16H19O3P/c1-2-13-16(19-20(17)18,14-9-5-3-6-10-14)15-11-7-4-8-12-15/h3-12,17-18H,2,13H2,1H3. The molecule has 0 aliphatic rings. The van der Waals surface area contributed by atoms with Crippen LogP contribution in [0.3, 0.4) is 0 Å². The van der Waals surface area contributed by atoms with Crippen LogP contribution in [0, 0.1) is 0 Å². The van der Waals surface area contributed by atoms with Crippen molar-refractivity contribution < 1.29 is 14.3 Å². The Balaban J connectivity index is 2.56. The minimum absolute atomic E-state index is 0.682. The molecule has 2 aromatic carbocycles. The topological polar surface area (TPSA) is 49.7 Å². The molecular formula is C16H19O3P. The van der Waals surface area contributed by atoms with Crippen LogP contribution in [0.1, 0.15) is 30.9 Å². The van der Waals surface area contributed by atoms with Crippen LogP contribution in [0.2, 0.25) is 0 Å². The molecule has 2 rings (SSSR count). The highest BCUT2D eigenvalue weighted by atomic mass is 31.2. The van der Waals surface area contributed by atoms with Gasteiger partial charge >= 0.3 is 8.60 Å². The Morgan fingerprint density at radius 1 is 0.900 bits per heavy atom. The number of hydrogen-bond donors (Lipinski definition) is 2. The van der Waals surface area contributed by atoms with Crippen molar-refractivity contribution in [2.75, 3.05) is 0 Å². The molecule has 2 aromatic rings. The maximum atomic E-state index is 9.44. The third-order valence-corrected chi connectivity index (χ3v) is 3.79. The Labute approximate surface area is 120 Å². The summed E-state index contributed by atoms with van der Waals surface area (Å²) >= 11 is 0. The number of rotatable bonds is 6. The largest absolute Gasteiger partial charge is 0.328 e. The van der Waals surface area contributed by atoms with E-state index in [9.17, 15) is 9.79 Å². The Bertz CT molecular complexity index is 474. The smallest absolute Gasteiger partial charge is 0.328 e. The third kappa shape index (κ3) is 3.25. The predicted molar refractivity (Wildman–Crippen MR) is 81.0 cm³/mol. The van der Waals surface area contributed by atoms with Crippen molar-refractivity contribution in [2.24, 2.45) is 0 Å². The average molecular weight is 290 g/mol. The Kier molecular flexibility index (Phi) is 5.27. The van der Waals surface area contributed by atoms with E-state index in [-0.39, 0.29) is 0 Å². The summed E-state index contributed by atoms with van der Waals surface area (Å²) in [5, 5.41) is 0. The van der Waals surface area contributed by atoms with E-state index < -0.39 is 14.2 Å². The van der Waals surface area contributed by atoms with E-state index in [2.05, 4.69) is 6.92 Å². The molecule has 106 valence electrons. The van der Waals surface area contributed by atoms with Crippen molar-refractivity contribution in [2.45, 2.75) is 25.4 Å². The summed E-state index contributed by atoms with van der Waals surface area (Å²) in [6, 6.07) is 19.4. The molecule has 0 saturated heterocycles. The summed E-state index contributed by atoms with van der Waals surface area (Å²) < 4.78 is 5.63. The number of hydrogen-bond acceptors (Lipinski definition) is 3. The molecular weight excluding hydrogens is 271 g/mol. The molecule has 0 aliphatic carbocycles. The van der Waals surface area contributed by atoms with Crippen molar-refractivity contribution in [3.8, 4) is 0 Å². The van der Waals surface area contributed by atoms with E-state index in [0.29, 0.717) is 6.42 Å². The molecule has 0 heterocycles. The minimum Gasteiger partial charge on any atom is -0.328 e. The van der Waals surface area contributed by atoms with Gasteiger partial charge in [-0.25, -0.2) is 0 Å². The van der Waals surface area contributed by atoms with Crippen molar-refractivity contribution >= 4 is 8.60 Å². The first-order valence-electron chi connectivity index (χ1n) is 6.67. The van der Waals surface area contributed by atoms with Gasteiger partial charge in [-0.05, 0) is 17.5 Å². The molecule has 0 saturated carbocycles. The van der Waals surface area contributed by atoms with Crippen molar-refractivity contribution in [3.05, 3.63) is 71.8 Å². The molecule has 0 unspecified atom stereocenters. The van der Waals surface area contributed by atoms with E-state index in [1.165, 1.54) is 0 Å². The quantitative estimate of drug-likeness (QED) is 0.792. The molecule has 0 atom stereocenters. The van der Waals surface area contributed by atoms with E-state index in [1.807, 2.05) is 60.7 Å². The van der Waals surface area contributed by atoms with Crippen molar-refractivity contribution in [1.29, 1.82) is 0 Å². The van der Waals surface area contributed by atoms with Crippen molar-refractivity contribution in [1.82, 2.24) is 0 Å². The van der Waals surface area contributed by atoms with E-state index in [1.54, 1.807) is 0 Å². The van der Waals surface area contributed by atoms with Crippen LogP contribution in [-0.2, 0) is 10.1 Å². The molecule has 0 spiro atoms. The first kappa shape index (κ1) is 15.1. The molecule has 20 heavy (non-hydrogen) atoms. The first-order valence-corrected chi connectivity index (χ1v) is 7.83. The summed E-state index contributed by atoms with van der Waals surface area (Å²) in [6.07, 6.45) is 1.55. The van der Waals surface area contributed by atoms with Crippen LogP contribution in [0.15, 0.2) is 60.7 Å². The van der Waals surface area contributed by atoms with Crippen LogP contribution in [-0.4, -0.2) is 9.79 Å². The summed E-state index contributed by atoms with van der Waals surface area (Å²) in [4.78, 5) is 18.9. The highest BCUT2D eigenvalue weighted by molar-refractivity contribution is 7.39. The van der Waals surface area contributed by atoms with Gasteiger partial charge in [0.1, 0.15) is 5.60 Å². The predicted octanol–water partition coefficient (Wildman–Crippen LogP) is 3.96. The van der Waals surface area contributed by atoms with Gasteiger partial charge in [0, 0.05) is 0 Å². The number of benzene rings is 2. The van der Waals surface area contributed by atoms with Crippen LogP contribution < -0.4 is 0 Å². The molecule has 0 aliphatic heterocycles. The summed E-state index contributed by atoms with van der Waals surface area (Å²) in [5.74, 6) is 0. The second kappa shape index (κ2) is 6.96. The van der Waals surface area contributed by atoms with Gasteiger partial charge in [-0.1, -0.05) is 74.0 Å². The fourth-order valence-electron chi connectivity index (χ4n) is 2.51. The third-order valence-electron chi connectivity index (χ3n) is 3.32. The highest BCUT2D eigenvalue weighted by Crippen LogP contribution is 2.46. The lowest BCUT2D eigenvalue weighted by Gasteiger charge is -2.34. The SMILES string of the molecule is CCCC(OP(O)O)(c1ccccc1)c1ccccc1. The van der Waals surface area contributed by atoms with Gasteiger partial charge in [0.25, 0.3) is 0 Å². The van der Waals surface area contributed by atoms with Gasteiger partial charge in [-0.2, -0.15) is 0 Å². The highest BCUT2D eigenvalue weighted by Gasteiger charge is 2.37. The molecule has 0 bridgehead atoms. The molecule has 2 N–H and O–H groups in total. The Morgan fingerprint density at radius 3 is 1.70 bits per heavy atom. The fourth-order valence-corrected chi connectivity index (χ4v) is 3.09. The molecule has 3 nitrogen and oxygen atoms in total. The van der Waals surface area contributed by atoms with Gasteiger partial charge in [0.15, 0.2) is 0 Å².